The molecule has 0 radical (unpaired) electrons. The van der Waals surface area contributed by atoms with Crippen LogP contribution in [0.15, 0.2) is 47.7 Å². The van der Waals surface area contributed by atoms with Crippen LogP contribution in [-0.2, 0) is 18.6 Å². The normalized spacial score (nSPS) is 12.1. The predicted octanol–water partition coefficient (Wildman–Crippen LogP) is 2.09. The largest absolute Gasteiger partial charge is 0.433 e. The molecule has 0 spiro atoms. The first-order valence-electron chi connectivity index (χ1n) is 10.9. The number of nitrogens with zero attached hydrogens (tertiary/aromatic N) is 6. The quantitative estimate of drug-likeness (QED) is 0.330. The van der Waals surface area contributed by atoms with Crippen LogP contribution < -0.4 is 10.3 Å². The van der Waals surface area contributed by atoms with Crippen molar-refractivity contribution in [2.75, 3.05) is 0 Å². The lowest BCUT2D eigenvalue weighted by Gasteiger charge is -2.22. The highest BCUT2D eigenvalue weighted by molar-refractivity contribution is 6.31. The molecule has 11 nitrogen and oxygen atoms in total. The number of rotatable bonds is 6. The standard InChI is InChI=1S/C24H25ClN6O5/c1-13-12-27-16(15-6-8-26-22(28-15)23(3,4)33)11-17(13)31-14(2)10-18(20(25)21(31)32)36-24(34,35)19-7-9-30(5)29-19/h6-12,33-35H,1-5H3. The number of pyridine rings is 2. The number of aromatic nitrogens is 6. The second-order valence-electron chi connectivity index (χ2n) is 8.87. The van der Waals surface area contributed by atoms with Gasteiger partial charge in [-0.3, -0.25) is 19.0 Å². The van der Waals surface area contributed by atoms with Crippen molar-refractivity contribution in [3.05, 3.63) is 81.0 Å². The molecule has 0 fully saturated rings. The van der Waals surface area contributed by atoms with Gasteiger partial charge in [0, 0.05) is 37.4 Å². The molecule has 36 heavy (non-hydrogen) atoms. The van der Waals surface area contributed by atoms with Crippen molar-refractivity contribution in [2.45, 2.75) is 39.3 Å². The van der Waals surface area contributed by atoms with E-state index >= 15 is 0 Å². The molecule has 4 rings (SSSR count). The highest BCUT2D eigenvalue weighted by atomic mass is 35.5. The second-order valence-corrected chi connectivity index (χ2v) is 9.25. The average molecular weight is 513 g/mol. The number of hydrogen-bond donors (Lipinski definition) is 3. The third-order valence-corrected chi connectivity index (χ3v) is 5.73. The van der Waals surface area contributed by atoms with Gasteiger partial charge in [-0.1, -0.05) is 11.6 Å². The Morgan fingerprint density at radius 1 is 1.06 bits per heavy atom. The second kappa shape index (κ2) is 9.10. The molecule has 0 bridgehead atoms. The van der Waals surface area contributed by atoms with Gasteiger partial charge in [-0.2, -0.15) is 5.10 Å². The molecule has 0 aliphatic carbocycles. The average Bonchev–Trinajstić information content (AvgIpc) is 3.25. The topological polar surface area (TPSA) is 148 Å². The summed E-state index contributed by atoms with van der Waals surface area (Å²) in [6, 6.07) is 6.11. The molecule has 0 saturated heterocycles. The third-order valence-electron chi connectivity index (χ3n) is 5.38. The van der Waals surface area contributed by atoms with Crippen LogP contribution in [0.1, 0.15) is 36.6 Å². The summed E-state index contributed by atoms with van der Waals surface area (Å²) in [7, 11) is 1.61. The maximum atomic E-state index is 13.3. The Bertz CT molecular complexity index is 1510. The molecule has 188 valence electrons. The molecular formula is C24H25ClN6O5. The summed E-state index contributed by atoms with van der Waals surface area (Å²) in [6.07, 6.45) is 4.62. The molecule has 3 N–H and O–H groups in total. The molecule has 4 aromatic heterocycles. The summed E-state index contributed by atoms with van der Waals surface area (Å²) < 4.78 is 8.03. The van der Waals surface area contributed by atoms with Crippen LogP contribution in [0.5, 0.6) is 5.75 Å². The van der Waals surface area contributed by atoms with Gasteiger partial charge < -0.3 is 20.1 Å². The summed E-state index contributed by atoms with van der Waals surface area (Å²) in [6.45, 7) is 6.59. The van der Waals surface area contributed by atoms with Crippen LogP contribution in [0.25, 0.3) is 17.1 Å². The van der Waals surface area contributed by atoms with Crippen LogP contribution in [0, 0.1) is 13.8 Å². The van der Waals surface area contributed by atoms with E-state index < -0.39 is 17.1 Å². The summed E-state index contributed by atoms with van der Waals surface area (Å²) in [5.41, 5.74) is 0.435. The summed E-state index contributed by atoms with van der Waals surface area (Å²) in [4.78, 5) is 26.3. The molecular weight excluding hydrogens is 488 g/mol. The highest BCUT2D eigenvalue weighted by Crippen LogP contribution is 2.30. The van der Waals surface area contributed by atoms with Crippen LogP contribution in [-0.4, -0.2) is 44.6 Å². The van der Waals surface area contributed by atoms with E-state index in [1.165, 1.54) is 33.8 Å². The number of ether oxygens (including phenoxy) is 1. The maximum Gasteiger partial charge on any atom is 0.371 e. The van der Waals surface area contributed by atoms with Crippen molar-refractivity contribution in [1.82, 2.24) is 29.3 Å². The van der Waals surface area contributed by atoms with E-state index in [4.69, 9.17) is 16.3 Å². The number of aryl methyl sites for hydroxylation is 3. The van der Waals surface area contributed by atoms with Crippen molar-refractivity contribution in [1.29, 1.82) is 0 Å². The van der Waals surface area contributed by atoms with Crippen molar-refractivity contribution < 1.29 is 20.1 Å². The molecule has 0 aliphatic heterocycles. The van der Waals surface area contributed by atoms with E-state index in [1.807, 2.05) is 0 Å². The van der Waals surface area contributed by atoms with Gasteiger partial charge in [-0.25, -0.2) is 9.97 Å². The lowest BCUT2D eigenvalue weighted by molar-refractivity contribution is -0.306. The molecule has 0 aromatic carbocycles. The molecule has 0 amide bonds. The zero-order chi connectivity index (χ0) is 26.4. The van der Waals surface area contributed by atoms with Gasteiger partial charge in [0.2, 0.25) is 0 Å². The Balaban J connectivity index is 1.78. The van der Waals surface area contributed by atoms with E-state index in [0.717, 1.165) is 0 Å². The van der Waals surface area contributed by atoms with Gasteiger partial charge in [-0.05, 0) is 51.5 Å². The zero-order valence-corrected chi connectivity index (χ0v) is 21.0. The van der Waals surface area contributed by atoms with Crippen molar-refractivity contribution in [3.63, 3.8) is 0 Å². The molecule has 4 aromatic rings. The van der Waals surface area contributed by atoms with E-state index in [2.05, 4.69) is 20.1 Å². The number of hydrogen-bond acceptors (Lipinski definition) is 9. The Labute approximate surface area is 211 Å². The van der Waals surface area contributed by atoms with Crippen LogP contribution >= 0.6 is 11.6 Å². The van der Waals surface area contributed by atoms with Gasteiger partial charge >= 0.3 is 5.97 Å². The van der Waals surface area contributed by atoms with Crippen LogP contribution in [0.4, 0.5) is 0 Å². The molecule has 0 saturated carbocycles. The molecule has 0 unspecified atom stereocenters. The van der Waals surface area contributed by atoms with Crippen molar-refractivity contribution in [3.8, 4) is 22.8 Å². The highest BCUT2D eigenvalue weighted by Gasteiger charge is 2.33. The van der Waals surface area contributed by atoms with E-state index in [9.17, 15) is 20.1 Å². The fourth-order valence-electron chi connectivity index (χ4n) is 3.54. The zero-order valence-electron chi connectivity index (χ0n) is 20.3. The van der Waals surface area contributed by atoms with Crippen LogP contribution in [0.3, 0.4) is 0 Å². The first-order chi connectivity index (χ1) is 16.8. The lowest BCUT2D eigenvalue weighted by Crippen LogP contribution is -2.34. The fourth-order valence-corrected chi connectivity index (χ4v) is 3.72. The Morgan fingerprint density at radius 2 is 1.78 bits per heavy atom. The molecule has 0 atom stereocenters. The smallest absolute Gasteiger partial charge is 0.371 e. The van der Waals surface area contributed by atoms with Gasteiger partial charge in [0.05, 0.1) is 17.1 Å². The van der Waals surface area contributed by atoms with Gasteiger partial charge in [0.15, 0.2) is 17.3 Å². The van der Waals surface area contributed by atoms with Gasteiger partial charge in [0.25, 0.3) is 5.56 Å². The maximum absolute atomic E-state index is 13.3. The SMILES string of the molecule is Cc1cnc(-c2ccnc(C(C)(C)O)n2)cc1-n1c(C)cc(OC(O)(O)c2ccn(C)n2)c(Cl)c1=O. The lowest BCUT2D eigenvalue weighted by atomic mass is 10.1. The Kier molecular flexibility index (Phi) is 6.43. The number of aliphatic hydroxyl groups is 3. The molecule has 0 aliphatic rings. The summed E-state index contributed by atoms with van der Waals surface area (Å²) in [5, 5.41) is 34.6. The van der Waals surface area contributed by atoms with Crippen molar-refractivity contribution in [2.24, 2.45) is 7.05 Å². The van der Waals surface area contributed by atoms with Gasteiger partial charge in [0.1, 0.15) is 10.6 Å². The van der Waals surface area contributed by atoms with Gasteiger partial charge in [-0.15, -0.1) is 0 Å². The fraction of sp³-hybridized carbons (Fsp3) is 0.292. The monoisotopic (exact) mass is 512 g/mol. The first-order valence-corrected chi connectivity index (χ1v) is 11.2. The van der Waals surface area contributed by atoms with E-state index in [-0.39, 0.29) is 22.3 Å². The van der Waals surface area contributed by atoms with Crippen LogP contribution in [0.2, 0.25) is 5.02 Å². The Hall–Kier alpha value is -3.64. The van der Waals surface area contributed by atoms with Crippen molar-refractivity contribution >= 4 is 11.6 Å². The number of halogens is 1. The van der Waals surface area contributed by atoms with E-state index in [0.29, 0.717) is 28.3 Å². The minimum Gasteiger partial charge on any atom is -0.433 e. The minimum absolute atomic E-state index is 0.173. The molecule has 4 heterocycles. The van der Waals surface area contributed by atoms with E-state index in [1.54, 1.807) is 53.1 Å². The predicted molar refractivity (Wildman–Crippen MR) is 131 cm³/mol. The summed E-state index contributed by atoms with van der Waals surface area (Å²) in [5.74, 6) is -2.80. The first kappa shape index (κ1) is 25.5. The summed E-state index contributed by atoms with van der Waals surface area (Å²) >= 11 is 6.33. The molecule has 12 heteroatoms. The Morgan fingerprint density at radius 3 is 2.42 bits per heavy atom. The third kappa shape index (κ3) is 4.86. The minimum atomic E-state index is -2.80.